The molecule has 0 aliphatic carbocycles. The quantitative estimate of drug-likeness (QED) is 0.805. The van der Waals surface area contributed by atoms with Crippen molar-refractivity contribution in [3.8, 4) is 0 Å². The highest BCUT2D eigenvalue weighted by molar-refractivity contribution is 6.30. The summed E-state index contributed by atoms with van der Waals surface area (Å²) in [6, 6.07) is 7.73. The molecule has 106 valence electrons. The minimum absolute atomic E-state index is 0.0407. The summed E-state index contributed by atoms with van der Waals surface area (Å²) in [5, 5.41) is 10.1. The first-order chi connectivity index (χ1) is 9.29. The molecule has 0 saturated carbocycles. The Labute approximate surface area is 117 Å². The maximum absolute atomic E-state index is 13.7. The number of aliphatic hydroxyl groups is 1. The molecule has 0 bridgehead atoms. The van der Waals surface area contributed by atoms with Crippen LogP contribution in [0.2, 0.25) is 5.02 Å². The molecule has 0 aliphatic rings. The molecule has 2 aromatic rings. The van der Waals surface area contributed by atoms with Crippen molar-refractivity contribution < 1.29 is 22.7 Å². The van der Waals surface area contributed by atoms with Gasteiger partial charge >= 0.3 is 6.18 Å². The van der Waals surface area contributed by atoms with Gasteiger partial charge in [-0.05, 0) is 29.8 Å². The van der Waals surface area contributed by atoms with E-state index in [2.05, 4.69) is 0 Å². The summed E-state index contributed by atoms with van der Waals surface area (Å²) < 4.78 is 51.4. The lowest BCUT2D eigenvalue weighted by atomic mass is 9.99. The molecule has 1 unspecified atom stereocenters. The van der Waals surface area contributed by atoms with Crippen LogP contribution in [0.3, 0.4) is 0 Å². The molecule has 2 aromatic carbocycles. The van der Waals surface area contributed by atoms with E-state index < -0.39 is 23.7 Å². The van der Waals surface area contributed by atoms with Crippen LogP contribution in [0.15, 0.2) is 42.5 Å². The second-order valence-electron chi connectivity index (χ2n) is 4.19. The third-order valence-electron chi connectivity index (χ3n) is 2.79. The summed E-state index contributed by atoms with van der Waals surface area (Å²) in [4.78, 5) is 0. The highest BCUT2D eigenvalue weighted by Crippen LogP contribution is 2.33. The van der Waals surface area contributed by atoms with E-state index in [1.165, 1.54) is 18.2 Å². The summed E-state index contributed by atoms with van der Waals surface area (Å²) in [6.07, 6.45) is -6.01. The summed E-state index contributed by atoms with van der Waals surface area (Å²) in [6.45, 7) is 0. The monoisotopic (exact) mass is 304 g/mol. The van der Waals surface area contributed by atoms with Crippen molar-refractivity contribution in [2.75, 3.05) is 0 Å². The molecule has 1 atom stereocenters. The molecule has 20 heavy (non-hydrogen) atoms. The van der Waals surface area contributed by atoms with Crippen molar-refractivity contribution >= 4 is 11.6 Å². The van der Waals surface area contributed by atoms with E-state index in [1.807, 2.05) is 0 Å². The minimum Gasteiger partial charge on any atom is -0.384 e. The zero-order valence-corrected chi connectivity index (χ0v) is 10.7. The Balaban J connectivity index is 2.41. The fraction of sp³-hybridized carbons (Fsp3) is 0.143. The maximum Gasteiger partial charge on any atom is 0.416 e. The first-order valence-electron chi connectivity index (χ1n) is 5.59. The van der Waals surface area contributed by atoms with Gasteiger partial charge in [0.1, 0.15) is 11.9 Å². The van der Waals surface area contributed by atoms with Gasteiger partial charge in [-0.25, -0.2) is 4.39 Å². The van der Waals surface area contributed by atoms with Crippen molar-refractivity contribution in [1.82, 2.24) is 0 Å². The van der Waals surface area contributed by atoms with E-state index in [-0.39, 0.29) is 16.1 Å². The minimum atomic E-state index is -4.52. The standard InChI is InChI=1S/C14H9ClF4O/c15-10-4-5-11(12(16)7-10)13(20)8-2-1-3-9(6-8)14(17,18)19/h1-7,13,20H. The molecule has 6 heteroatoms. The van der Waals surface area contributed by atoms with Gasteiger partial charge in [-0.2, -0.15) is 13.2 Å². The van der Waals surface area contributed by atoms with Crippen molar-refractivity contribution in [2.24, 2.45) is 0 Å². The van der Waals surface area contributed by atoms with Crippen LogP contribution in [0, 0.1) is 5.82 Å². The first-order valence-corrected chi connectivity index (χ1v) is 5.97. The van der Waals surface area contributed by atoms with Gasteiger partial charge in [0, 0.05) is 10.6 Å². The SMILES string of the molecule is OC(c1cccc(C(F)(F)F)c1)c1ccc(Cl)cc1F. The Bertz CT molecular complexity index is 625. The second kappa shape index (κ2) is 5.42. The van der Waals surface area contributed by atoms with Crippen molar-refractivity contribution in [3.05, 3.63) is 70.0 Å². The smallest absolute Gasteiger partial charge is 0.384 e. The van der Waals surface area contributed by atoms with Crippen LogP contribution < -0.4 is 0 Å². The zero-order valence-electron chi connectivity index (χ0n) is 9.96. The number of benzene rings is 2. The topological polar surface area (TPSA) is 20.2 Å². The van der Waals surface area contributed by atoms with Crippen molar-refractivity contribution in [1.29, 1.82) is 0 Å². The lowest BCUT2D eigenvalue weighted by Crippen LogP contribution is -2.08. The highest BCUT2D eigenvalue weighted by atomic mass is 35.5. The molecule has 1 nitrogen and oxygen atoms in total. The molecule has 0 fully saturated rings. The number of alkyl halides is 3. The summed E-state index contributed by atoms with van der Waals surface area (Å²) >= 11 is 5.58. The third-order valence-corrected chi connectivity index (χ3v) is 3.02. The molecule has 2 rings (SSSR count). The number of hydrogen-bond acceptors (Lipinski definition) is 1. The lowest BCUT2D eigenvalue weighted by Gasteiger charge is -2.15. The Hall–Kier alpha value is -1.59. The normalized spacial score (nSPS) is 13.3. The zero-order chi connectivity index (χ0) is 14.9. The van der Waals surface area contributed by atoms with Gasteiger partial charge in [0.25, 0.3) is 0 Å². The lowest BCUT2D eigenvalue weighted by molar-refractivity contribution is -0.137. The summed E-state index contributed by atoms with van der Waals surface area (Å²) in [7, 11) is 0. The van der Waals surface area contributed by atoms with E-state index in [4.69, 9.17) is 11.6 Å². The van der Waals surface area contributed by atoms with Gasteiger partial charge in [-0.15, -0.1) is 0 Å². The van der Waals surface area contributed by atoms with Crippen LogP contribution in [0.1, 0.15) is 22.8 Å². The number of aliphatic hydroxyl groups excluding tert-OH is 1. The molecule has 0 aromatic heterocycles. The van der Waals surface area contributed by atoms with Gasteiger partial charge in [0.05, 0.1) is 5.56 Å². The number of rotatable bonds is 2. The van der Waals surface area contributed by atoms with Crippen LogP contribution in [-0.4, -0.2) is 5.11 Å². The van der Waals surface area contributed by atoms with Crippen molar-refractivity contribution in [3.63, 3.8) is 0 Å². The molecule has 0 saturated heterocycles. The molecule has 0 radical (unpaired) electrons. The summed E-state index contributed by atoms with van der Waals surface area (Å²) in [5.41, 5.74) is -1.07. The number of hydrogen-bond donors (Lipinski definition) is 1. The molecule has 0 heterocycles. The molecular formula is C14H9ClF4O. The van der Waals surface area contributed by atoms with E-state index in [0.29, 0.717) is 0 Å². The average molecular weight is 305 g/mol. The van der Waals surface area contributed by atoms with Gasteiger partial charge in [-0.3, -0.25) is 0 Å². The fourth-order valence-corrected chi connectivity index (χ4v) is 1.95. The largest absolute Gasteiger partial charge is 0.416 e. The Morgan fingerprint density at radius 3 is 2.35 bits per heavy atom. The average Bonchev–Trinajstić information content (AvgIpc) is 2.37. The molecule has 0 spiro atoms. The van der Waals surface area contributed by atoms with Gasteiger partial charge < -0.3 is 5.11 Å². The van der Waals surface area contributed by atoms with Crippen LogP contribution >= 0.6 is 11.6 Å². The predicted octanol–water partition coefficient (Wildman–Crippen LogP) is 4.58. The fourth-order valence-electron chi connectivity index (χ4n) is 1.79. The predicted molar refractivity (Wildman–Crippen MR) is 66.9 cm³/mol. The van der Waals surface area contributed by atoms with E-state index in [0.717, 1.165) is 24.3 Å². The van der Waals surface area contributed by atoms with Gasteiger partial charge in [0.2, 0.25) is 0 Å². The van der Waals surface area contributed by atoms with Crippen LogP contribution in [-0.2, 0) is 6.18 Å². The molecular weight excluding hydrogens is 296 g/mol. The van der Waals surface area contributed by atoms with E-state index in [9.17, 15) is 22.7 Å². The molecule has 0 aliphatic heterocycles. The first kappa shape index (κ1) is 14.8. The second-order valence-corrected chi connectivity index (χ2v) is 4.63. The Kier molecular flexibility index (Phi) is 4.01. The Morgan fingerprint density at radius 1 is 1.05 bits per heavy atom. The van der Waals surface area contributed by atoms with E-state index >= 15 is 0 Å². The van der Waals surface area contributed by atoms with Crippen LogP contribution in [0.4, 0.5) is 17.6 Å². The van der Waals surface area contributed by atoms with Crippen LogP contribution in [0.25, 0.3) is 0 Å². The highest BCUT2D eigenvalue weighted by Gasteiger charge is 2.31. The molecule has 1 N–H and O–H groups in total. The van der Waals surface area contributed by atoms with Crippen LogP contribution in [0.5, 0.6) is 0 Å². The maximum atomic E-state index is 13.7. The van der Waals surface area contributed by atoms with Crippen molar-refractivity contribution in [2.45, 2.75) is 12.3 Å². The molecule has 0 amide bonds. The Morgan fingerprint density at radius 2 is 1.75 bits per heavy atom. The number of halogens is 5. The van der Waals surface area contributed by atoms with E-state index in [1.54, 1.807) is 0 Å². The van der Waals surface area contributed by atoms with Gasteiger partial charge in [0.15, 0.2) is 0 Å². The van der Waals surface area contributed by atoms with Gasteiger partial charge in [-0.1, -0.05) is 29.8 Å². The summed E-state index contributed by atoms with van der Waals surface area (Å²) in [5.74, 6) is -0.776. The third kappa shape index (κ3) is 3.11.